The number of benzene rings is 2. The summed E-state index contributed by atoms with van der Waals surface area (Å²) in [4.78, 5) is 18.7. The molecule has 214 valence electrons. The van der Waals surface area contributed by atoms with E-state index in [4.69, 9.17) is 47.4 Å². The number of para-hydroxylation sites is 1. The van der Waals surface area contributed by atoms with E-state index in [1.54, 1.807) is 20.3 Å². The third-order valence-corrected chi connectivity index (χ3v) is 7.44. The van der Waals surface area contributed by atoms with Crippen LogP contribution in [0.15, 0.2) is 55.3 Å². The van der Waals surface area contributed by atoms with Gasteiger partial charge in [-0.25, -0.2) is 9.97 Å². The fourth-order valence-corrected chi connectivity index (χ4v) is 5.02. The zero-order chi connectivity index (χ0) is 29.5. The minimum atomic E-state index is 0.374. The lowest BCUT2D eigenvalue weighted by atomic mass is 10.1. The lowest BCUT2D eigenvalue weighted by molar-refractivity contribution is -0.104. The number of rotatable bonds is 10. The SMILES string of the molecule is C=CC=O.CNc1cccc(C)c1Nc1cc2c(NCC3CC3)nc(-c3c(Cl)c(OC)cc(OC)c3Cl)cc2cn1. The Morgan fingerprint density at radius 1 is 1.10 bits per heavy atom. The molecule has 0 bridgehead atoms. The van der Waals surface area contributed by atoms with Gasteiger partial charge in [0.05, 0.1) is 41.3 Å². The Morgan fingerprint density at radius 3 is 2.37 bits per heavy atom. The highest BCUT2D eigenvalue weighted by Gasteiger charge is 2.24. The topological polar surface area (TPSA) is 97.4 Å². The van der Waals surface area contributed by atoms with Crippen LogP contribution in [0.4, 0.5) is 23.0 Å². The number of hydrogen-bond donors (Lipinski definition) is 3. The van der Waals surface area contributed by atoms with Crippen LogP contribution in [0.3, 0.4) is 0 Å². The van der Waals surface area contributed by atoms with Gasteiger partial charge in [-0.15, -0.1) is 0 Å². The molecule has 1 saturated carbocycles. The molecule has 8 nitrogen and oxygen atoms in total. The smallest absolute Gasteiger partial charge is 0.142 e. The Hall–Kier alpha value is -4.01. The van der Waals surface area contributed by atoms with Crippen molar-refractivity contribution >= 4 is 63.3 Å². The Balaban J connectivity index is 0.000000909. The molecule has 0 aliphatic heterocycles. The second-order valence-corrected chi connectivity index (χ2v) is 10.3. The van der Waals surface area contributed by atoms with E-state index in [1.807, 2.05) is 37.5 Å². The molecule has 3 N–H and O–H groups in total. The highest BCUT2D eigenvalue weighted by atomic mass is 35.5. The van der Waals surface area contributed by atoms with Crippen molar-refractivity contribution in [2.75, 3.05) is 43.8 Å². The van der Waals surface area contributed by atoms with Crippen LogP contribution in [0.5, 0.6) is 11.5 Å². The molecule has 0 unspecified atom stereocenters. The van der Waals surface area contributed by atoms with Crippen molar-refractivity contribution in [3.63, 3.8) is 0 Å². The van der Waals surface area contributed by atoms with Crippen molar-refractivity contribution in [3.8, 4) is 22.8 Å². The number of carbonyl (C=O) groups is 1. The molecular weight excluding hydrogens is 561 g/mol. The first-order chi connectivity index (χ1) is 19.8. The van der Waals surface area contributed by atoms with E-state index in [2.05, 4.69) is 35.5 Å². The maximum atomic E-state index is 9.06. The number of carbonyl (C=O) groups excluding carboxylic acids is 1. The number of fused-ring (bicyclic) bond motifs is 1. The molecule has 2 aromatic carbocycles. The molecule has 1 fully saturated rings. The third-order valence-electron chi connectivity index (χ3n) is 6.69. The number of allylic oxidation sites excluding steroid dienone is 1. The summed E-state index contributed by atoms with van der Waals surface area (Å²) in [6, 6.07) is 11.7. The summed E-state index contributed by atoms with van der Waals surface area (Å²) in [5.41, 5.74) is 4.26. The van der Waals surface area contributed by atoms with E-state index in [-0.39, 0.29) is 0 Å². The van der Waals surface area contributed by atoms with Crippen LogP contribution in [0.25, 0.3) is 22.0 Å². The van der Waals surface area contributed by atoms with Gasteiger partial charge in [0.15, 0.2) is 0 Å². The van der Waals surface area contributed by atoms with Gasteiger partial charge < -0.3 is 25.4 Å². The average molecular weight is 595 g/mol. The molecule has 2 heterocycles. The fraction of sp³-hybridized carbons (Fsp3) is 0.258. The number of nitrogens with one attached hydrogen (secondary N) is 3. The first kappa shape index (κ1) is 30.0. The van der Waals surface area contributed by atoms with Crippen LogP contribution < -0.4 is 25.4 Å². The summed E-state index contributed by atoms with van der Waals surface area (Å²) in [5.74, 6) is 3.06. The lowest BCUT2D eigenvalue weighted by Gasteiger charge is -2.17. The summed E-state index contributed by atoms with van der Waals surface area (Å²) >= 11 is 13.4. The Labute approximate surface area is 250 Å². The molecule has 0 spiro atoms. The second kappa shape index (κ2) is 13.6. The molecule has 4 aromatic rings. The van der Waals surface area contributed by atoms with E-state index in [0.29, 0.717) is 45.0 Å². The molecule has 10 heteroatoms. The standard InChI is InChI=1S/C28H29Cl2N5O2.C3H4O/c1-15-6-5-7-19(31-2)27(15)35-23-11-18-17(14-32-23)10-20(34-28(18)33-13-16-8-9-16)24-25(29)21(36-3)12-22(37-4)26(24)30;1-2-3-4/h5-7,10-12,14,16,31H,8-9,13H2,1-4H3,(H,32,35)(H,33,34);2-3H,1H2. The van der Waals surface area contributed by atoms with Crippen molar-refractivity contribution in [2.45, 2.75) is 19.8 Å². The van der Waals surface area contributed by atoms with Gasteiger partial charge in [-0.1, -0.05) is 41.9 Å². The normalized spacial score (nSPS) is 12.1. The molecule has 2 aromatic heterocycles. The predicted octanol–water partition coefficient (Wildman–Crippen LogP) is 7.91. The van der Waals surface area contributed by atoms with Crippen LogP contribution >= 0.6 is 23.2 Å². The number of nitrogens with zero attached hydrogens (tertiary/aromatic N) is 2. The molecule has 1 aliphatic carbocycles. The minimum Gasteiger partial charge on any atom is -0.495 e. The predicted molar refractivity (Wildman–Crippen MR) is 170 cm³/mol. The highest BCUT2D eigenvalue weighted by molar-refractivity contribution is 6.41. The number of aldehydes is 1. The van der Waals surface area contributed by atoms with Gasteiger partial charge >= 0.3 is 0 Å². The largest absolute Gasteiger partial charge is 0.495 e. The molecule has 0 radical (unpaired) electrons. The van der Waals surface area contributed by atoms with E-state index in [1.165, 1.54) is 18.9 Å². The maximum Gasteiger partial charge on any atom is 0.142 e. The quantitative estimate of drug-likeness (QED) is 0.126. The van der Waals surface area contributed by atoms with Gasteiger partial charge in [-0.05, 0) is 55.5 Å². The van der Waals surface area contributed by atoms with Crippen LogP contribution in [0, 0.1) is 12.8 Å². The number of ether oxygens (including phenoxy) is 2. The number of methoxy groups -OCH3 is 2. The van der Waals surface area contributed by atoms with Crippen molar-refractivity contribution in [1.82, 2.24) is 9.97 Å². The Bertz CT molecular complexity index is 1540. The van der Waals surface area contributed by atoms with Gasteiger partial charge in [0.25, 0.3) is 0 Å². The Morgan fingerprint density at radius 2 is 1.78 bits per heavy atom. The van der Waals surface area contributed by atoms with Gasteiger partial charge in [-0.3, -0.25) is 4.79 Å². The highest BCUT2D eigenvalue weighted by Crippen LogP contribution is 2.46. The average Bonchev–Trinajstić information content (AvgIpc) is 3.82. The van der Waals surface area contributed by atoms with Crippen LogP contribution in [-0.4, -0.2) is 44.1 Å². The van der Waals surface area contributed by atoms with Crippen LogP contribution in [0.1, 0.15) is 18.4 Å². The van der Waals surface area contributed by atoms with Gasteiger partial charge in [0, 0.05) is 42.2 Å². The van der Waals surface area contributed by atoms with Crippen molar-refractivity contribution in [3.05, 3.63) is 70.9 Å². The van der Waals surface area contributed by atoms with E-state index >= 15 is 0 Å². The number of hydrogen-bond acceptors (Lipinski definition) is 8. The van der Waals surface area contributed by atoms with E-state index in [9.17, 15) is 0 Å². The first-order valence-corrected chi connectivity index (χ1v) is 13.9. The molecule has 0 amide bonds. The van der Waals surface area contributed by atoms with Gasteiger partial charge in [0.1, 0.15) is 29.4 Å². The van der Waals surface area contributed by atoms with Gasteiger partial charge in [-0.2, -0.15) is 0 Å². The molecular formula is C31H33Cl2N5O3. The molecule has 41 heavy (non-hydrogen) atoms. The molecule has 5 rings (SSSR count). The van der Waals surface area contributed by atoms with Crippen LogP contribution in [0.2, 0.25) is 10.0 Å². The number of anilines is 4. The third kappa shape index (κ3) is 6.84. The maximum absolute atomic E-state index is 9.06. The van der Waals surface area contributed by atoms with Crippen molar-refractivity contribution < 1.29 is 14.3 Å². The second-order valence-electron chi connectivity index (χ2n) is 9.50. The number of pyridine rings is 2. The number of aromatic nitrogens is 2. The lowest BCUT2D eigenvalue weighted by Crippen LogP contribution is -2.07. The van der Waals surface area contributed by atoms with E-state index < -0.39 is 0 Å². The minimum absolute atomic E-state index is 0.374. The summed E-state index contributed by atoms with van der Waals surface area (Å²) < 4.78 is 10.9. The number of aryl methyl sites for hydroxylation is 1. The summed E-state index contributed by atoms with van der Waals surface area (Å²) in [7, 11) is 5.02. The number of halogens is 2. The molecule has 0 saturated heterocycles. The molecule has 0 atom stereocenters. The summed E-state index contributed by atoms with van der Waals surface area (Å²) in [6.45, 7) is 6.03. The fourth-order valence-electron chi connectivity index (χ4n) is 4.32. The zero-order valence-electron chi connectivity index (χ0n) is 23.5. The summed E-state index contributed by atoms with van der Waals surface area (Å²) in [5, 5.41) is 12.9. The van der Waals surface area contributed by atoms with E-state index in [0.717, 1.165) is 45.9 Å². The van der Waals surface area contributed by atoms with Gasteiger partial charge in [0.2, 0.25) is 0 Å². The van der Waals surface area contributed by atoms with Crippen LogP contribution in [-0.2, 0) is 4.79 Å². The molecule has 1 aliphatic rings. The monoisotopic (exact) mass is 593 g/mol. The first-order valence-electron chi connectivity index (χ1n) is 13.1. The summed E-state index contributed by atoms with van der Waals surface area (Å²) in [6.07, 6.45) is 6.12. The zero-order valence-corrected chi connectivity index (χ0v) is 25.0. The van der Waals surface area contributed by atoms with Crippen molar-refractivity contribution in [1.29, 1.82) is 0 Å². The Kier molecular flexibility index (Phi) is 9.91. The van der Waals surface area contributed by atoms with Crippen molar-refractivity contribution in [2.24, 2.45) is 5.92 Å².